The average Bonchev–Trinajstić information content (AvgIpc) is 2.47. The molecule has 0 heterocycles. The van der Waals surface area contributed by atoms with Gasteiger partial charge in [0.1, 0.15) is 5.75 Å². The van der Waals surface area contributed by atoms with Crippen LogP contribution in [0.5, 0.6) is 5.75 Å². The Bertz CT molecular complexity index is 455. The van der Waals surface area contributed by atoms with E-state index in [-0.39, 0.29) is 5.91 Å². The van der Waals surface area contributed by atoms with Crippen molar-refractivity contribution < 1.29 is 14.3 Å². The monoisotopic (exact) mass is 314 g/mol. The number of halogens is 1. The van der Waals surface area contributed by atoms with Crippen LogP contribution in [0.4, 0.5) is 0 Å². The highest BCUT2D eigenvalue weighted by molar-refractivity contribution is 6.31. The molecule has 6 heteroatoms. The number of amides is 1. The first-order valence-electron chi connectivity index (χ1n) is 6.95. The molecule has 1 aromatic carbocycles. The van der Waals surface area contributed by atoms with Crippen LogP contribution in [-0.2, 0) is 16.1 Å². The number of carbonyl (C=O) groups excluding carboxylic acids is 1. The Balaban J connectivity index is 2.59. The van der Waals surface area contributed by atoms with Gasteiger partial charge < -0.3 is 20.1 Å². The van der Waals surface area contributed by atoms with Gasteiger partial charge in [-0.05, 0) is 32.5 Å². The molecule has 0 aromatic heterocycles. The number of hydrogen-bond acceptors (Lipinski definition) is 4. The number of carbonyl (C=O) groups is 1. The number of rotatable bonds is 9. The number of methoxy groups -OCH3 is 1. The van der Waals surface area contributed by atoms with Crippen LogP contribution in [0.15, 0.2) is 18.2 Å². The lowest BCUT2D eigenvalue weighted by atomic mass is 10.2. The van der Waals surface area contributed by atoms with E-state index in [1.807, 2.05) is 13.1 Å². The van der Waals surface area contributed by atoms with Gasteiger partial charge in [-0.25, -0.2) is 0 Å². The van der Waals surface area contributed by atoms with Crippen molar-refractivity contribution in [3.05, 3.63) is 28.8 Å². The largest absolute Gasteiger partial charge is 0.481 e. The van der Waals surface area contributed by atoms with Crippen LogP contribution in [0.1, 0.15) is 18.9 Å². The maximum Gasteiger partial charge on any atom is 0.260 e. The molecule has 1 atom stereocenters. The van der Waals surface area contributed by atoms with Crippen LogP contribution < -0.4 is 15.4 Å². The Labute approximate surface area is 131 Å². The van der Waals surface area contributed by atoms with Gasteiger partial charge in [-0.2, -0.15) is 0 Å². The molecule has 118 valence electrons. The first-order valence-corrected chi connectivity index (χ1v) is 7.33. The molecular weight excluding hydrogens is 292 g/mol. The fraction of sp³-hybridized carbons (Fsp3) is 0.533. The van der Waals surface area contributed by atoms with Crippen molar-refractivity contribution in [1.82, 2.24) is 10.6 Å². The van der Waals surface area contributed by atoms with Gasteiger partial charge in [-0.3, -0.25) is 4.79 Å². The maximum absolute atomic E-state index is 11.9. The highest BCUT2D eigenvalue weighted by atomic mass is 35.5. The molecule has 5 nitrogen and oxygen atoms in total. The molecule has 0 radical (unpaired) electrons. The van der Waals surface area contributed by atoms with Crippen molar-refractivity contribution in [2.45, 2.75) is 26.0 Å². The summed E-state index contributed by atoms with van der Waals surface area (Å²) < 4.78 is 10.7. The molecule has 0 saturated carbocycles. The van der Waals surface area contributed by atoms with Crippen molar-refractivity contribution in [2.75, 3.05) is 27.3 Å². The van der Waals surface area contributed by atoms with Crippen molar-refractivity contribution >= 4 is 17.5 Å². The molecule has 0 saturated heterocycles. The van der Waals surface area contributed by atoms with Crippen LogP contribution >= 0.6 is 11.6 Å². The van der Waals surface area contributed by atoms with E-state index in [2.05, 4.69) is 10.6 Å². The Morgan fingerprint density at radius 3 is 2.86 bits per heavy atom. The molecule has 0 aliphatic heterocycles. The second-order valence-corrected chi connectivity index (χ2v) is 5.05. The van der Waals surface area contributed by atoms with Gasteiger partial charge in [-0.1, -0.05) is 17.7 Å². The first-order chi connectivity index (χ1) is 10.1. The molecule has 1 rings (SSSR count). The Morgan fingerprint density at radius 2 is 2.19 bits per heavy atom. The molecule has 1 aromatic rings. The fourth-order valence-electron chi connectivity index (χ4n) is 1.81. The zero-order valence-corrected chi connectivity index (χ0v) is 13.5. The summed E-state index contributed by atoms with van der Waals surface area (Å²) in [5.74, 6) is 0.470. The van der Waals surface area contributed by atoms with E-state index in [1.165, 1.54) is 0 Å². The van der Waals surface area contributed by atoms with Crippen LogP contribution in [0.3, 0.4) is 0 Å². The fourth-order valence-corrected chi connectivity index (χ4v) is 2.05. The summed E-state index contributed by atoms with van der Waals surface area (Å²) in [7, 11) is 3.47. The van der Waals surface area contributed by atoms with E-state index < -0.39 is 6.10 Å². The quantitative estimate of drug-likeness (QED) is 0.684. The van der Waals surface area contributed by atoms with Crippen LogP contribution in [0, 0.1) is 0 Å². The van der Waals surface area contributed by atoms with Gasteiger partial charge in [0.15, 0.2) is 6.10 Å². The zero-order chi connectivity index (χ0) is 15.7. The minimum Gasteiger partial charge on any atom is -0.481 e. The molecular formula is C15H23ClN2O3. The molecule has 0 aliphatic rings. The van der Waals surface area contributed by atoms with Gasteiger partial charge in [0.05, 0.1) is 0 Å². The first kappa shape index (κ1) is 17.8. The minimum atomic E-state index is -0.582. The molecule has 21 heavy (non-hydrogen) atoms. The molecule has 2 N–H and O–H groups in total. The van der Waals surface area contributed by atoms with Gasteiger partial charge >= 0.3 is 0 Å². The van der Waals surface area contributed by atoms with E-state index in [0.29, 0.717) is 30.5 Å². The van der Waals surface area contributed by atoms with E-state index in [4.69, 9.17) is 21.1 Å². The second-order valence-electron chi connectivity index (χ2n) is 4.64. The van der Waals surface area contributed by atoms with Crippen molar-refractivity contribution in [3.8, 4) is 5.75 Å². The minimum absolute atomic E-state index is 0.151. The smallest absolute Gasteiger partial charge is 0.260 e. The molecule has 0 spiro atoms. The lowest BCUT2D eigenvalue weighted by Crippen LogP contribution is -2.37. The third-order valence-corrected chi connectivity index (χ3v) is 3.28. The Morgan fingerprint density at radius 1 is 1.43 bits per heavy atom. The highest BCUT2D eigenvalue weighted by Gasteiger charge is 2.16. The van der Waals surface area contributed by atoms with Gasteiger partial charge in [0.25, 0.3) is 5.91 Å². The molecule has 1 unspecified atom stereocenters. The van der Waals surface area contributed by atoms with Crippen molar-refractivity contribution in [1.29, 1.82) is 0 Å². The normalized spacial score (nSPS) is 12.0. The van der Waals surface area contributed by atoms with Crippen LogP contribution in [-0.4, -0.2) is 39.3 Å². The maximum atomic E-state index is 11.9. The summed E-state index contributed by atoms with van der Waals surface area (Å²) in [5.41, 5.74) is 0.848. The zero-order valence-electron chi connectivity index (χ0n) is 12.7. The molecule has 0 aliphatic carbocycles. The third-order valence-electron chi connectivity index (χ3n) is 2.93. The van der Waals surface area contributed by atoms with E-state index >= 15 is 0 Å². The van der Waals surface area contributed by atoms with E-state index in [9.17, 15) is 4.79 Å². The molecule has 0 bridgehead atoms. The van der Waals surface area contributed by atoms with E-state index in [1.54, 1.807) is 26.2 Å². The predicted octanol–water partition coefficient (Wildman–Crippen LogP) is 1.98. The Kier molecular flexibility index (Phi) is 8.12. The second kappa shape index (κ2) is 9.60. The van der Waals surface area contributed by atoms with Crippen LogP contribution in [0.25, 0.3) is 0 Å². The van der Waals surface area contributed by atoms with Crippen molar-refractivity contribution in [3.63, 3.8) is 0 Å². The summed E-state index contributed by atoms with van der Waals surface area (Å²) in [6.07, 6.45) is 0.193. The Hall–Kier alpha value is -1.30. The average molecular weight is 315 g/mol. The predicted molar refractivity (Wildman–Crippen MR) is 83.8 cm³/mol. The van der Waals surface area contributed by atoms with Gasteiger partial charge in [0.2, 0.25) is 0 Å². The highest BCUT2D eigenvalue weighted by Crippen LogP contribution is 2.27. The summed E-state index contributed by atoms with van der Waals surface area (Å²) in [4.78, 5) is 11.9. The standard InChI is InChI=1S/C15H23ClN2O3/c1-11(15(19)18-8-5-9-20-3)21-14-7-4-6-13(16)12(14)10-17-2/h4,6-7,11,17H,5,8-10H2,1-3H3,(H,18,19). The number of benzene rings is 1. The summed E-state index contributed by atoms with van der Waals surface area (Å²) in [6, 6.07) is 5.42. The number of ether oxygens (including phenoxy) is 2. The number of hydrogen-bond donors (Lipinski definition) is 2. The summed E-state index contributed by atoms with van der Waals surface area (Å²) in [6.45, 7) is 3.49. The number of nitrogens with one attached hydrogen (secondary N) is 2. The summed E-state index contributed by atoms with van der Waals surface area (Å²) in [5, 5.41) is 6.47. The molecule has 1 amide bonds. The van der Waals surface area contributed by atoms with E-state index in [0.717, 1.165) is 12.0 Å². The molecule has 0 fully saturated rings. The van der Waals surface area contributed by atoms with Crippen LogP contribution in [0.2, 0.25) is 5.02 Å². The SMILES string of the molecule is CNCc1c(Cl)cccc1OC(C)C(=O)NCCCOC. The topological polar surface area (TPSA) is 59.6 Å². The van der Waals surface area contributed by atoms with Gasteiger partial charge in [0, 0.05) is 37.4 Å². The lowest BCUT2D eigenvalue weighted by Gasteiger charge is -2.18. The van der Waals surface area contributed by atoms with Crippen molar-refractivity contribution in [2.24, 2.45) is 0 Å². The van der Waals surface area contributed by atoms with Gasteiger partial charge in [-0.15, -0.1) is 0 Å². The lowest BCUT2D eigenvalue weighted by molar-refractivity contribution is -0.127. The summed E-state index contributed by atoms with van der Waals surface area (Å²) >= 11 is 6.16. The third kappa shape index (κ3) is 5.91.